The van der Waals surface area contributed by atoms with Crippen molar-refractivity contribution in [2.75, 3.05) is 0 Å². The number of fused-ring (bicyclic) bond motifs is 1. The van der Waals surface area contributed by atoms with Crippen LogP contribution in [0, 0.1) is 11.6 Å². The van der Waals surface area contributed by atoms with Gasteiger partial charge in [0.2, 0.25) is 0 Å². The monoisotopic (exact) mass is 276 g/mol. The minimum Gasteiger partial charge on any atom is -0.297 e. The summed E-state index contributed by atoms with van der Waals surface area (Å²) in [5.41, 5.74) is 0. The van der Waals surface area contributed by atoms with E-state index in [1.54, 1.807) is 0 Å². The van der Waals surface area contributed by atoms with Crippen LogP contribution in [0.4, 0.5) is 8.78 Å². The number of hydrogen-bond donors (Lipinski definition) is 0. The minimum atomic E-state index is -0.917. The van der Waals surface area contributed by atoms with Gasteiger partial charge >= 0.3 is 0 Å². The second-order valence-electron chi connectivity index (χ2n) is 2.66. The van der Waals surface area contributed by atoms with E-state index in [0.717, 1.165) is 17.4 Å². The molecular formula is C9H3BrF2OS. The Morgan fingerprint density at radius 3 is 2.71 bits per heavy atom. The summed E-state index contributed by atoms with van der Waals surface area (Å²) in [6.45, 7) is 0. The number of aldehydes is 1. The number of rotatable bonds is 1. The molecule has 0 N–H and O–H groups in total. The fraction of sp³-hybridized carbons (Fsp3) is 0. The average molecular weight is 277 g/mol. The van der Waals surface area contributed by atoms with Crippen LogP contribution in [0.5, 0.6) is 0 Å². The minimum absolute atomic E-state index is 0.143. The van der Waals surface area contributed by atoms with Crippen LogP contribution in [-0.2, 0) is 0 Å². The summed E-state index contributed by atoms with van der Waals surface area (Å²) in [5.74, 6) is -1.83. The molecule has 2 rings (SSSR count). The van der Waals surface area contributed by atoms with Gasteiger partial charge in [0.05, 0.1) is 9.58 Å². The van der Waals surface area contributed by atoms with Crippen LogP contribution >= 0.6 is 27.3 Å². The molecule has 0 aliphatic rings. The molecule has 1 nitrogen and oxygen atoms in total. The fourth-order valence-electron chi connectivity index (χ4n) is 1.18. The van der Waals surface area contributed by atoms with Gasteiger partial charge in [-0.1, -0.05) is 0 Å². The first-order chi connectivity index (χ1) is 6.63. The van der Waals surface area contributed by atoms with Crippen molar-refractivity contribution < 1.29 is 13.6 Å². The second-order valence-corrected chi connectivity index (χ2v) is 4.60. The Morgan fingerprint density at radius 1 is 1.36 bits per heavy atom. The van der Waals surface area contributed by atoms with Crippen molar-refractivity contribution in [2.45, 2.75) is 0 Å². The van der Waals surface area contributed by atoms with Gasteiger partial charge in [0.15, 0.2) is 17.9 Å². The van der Waals surface area contributed by atoms with Crippen LogP contribution in [-0.4, -0.2) is 6.29 Å². The predicted molar refractivity (Wildman–Crippen MR) is 54.8 cm³/mol. The van der Waals surface area contributed by atoms with Crippen LogP contribution < -0.4 is 0 Å². The summed E-state index contributed by atoms with van der Waals surface area (Å²) in [4.78, 5) is 10.8. The van der Waals surface area contributed by atoms with Crippen LogP contribution in [0.25, 0.3) is 10.1 Å². The molecule has 0 aliphatic carbocycles. The lowest BCUT2D eigenvalue weighted by molar-refractivity contribution is 0.112. The first-order valence-electron chi connectivity index (χ1n) is 3.65. The van der Waals surface area contributed by atoms with Crippen LogP contribution in [0.15, 0.2) is 16.6 Å². The van der Waals surface area contributed by atoms with Gasteiger partial charge in [-0.3, -0.25) is 4.79 Å². The second kappa shape index (κ2) is 3.40. The first-order valence-corrected chi connectivity index (χ1v) is 5.26. The van der Waals surface area contributed by atoms with E-state index >= 15 is 0 Å². The molecule has 1 aromatic heterocycles. The highest BCUT2D eigenvalue weighted by atomic mass is 79.9. The molecule has 2 aromatic rings. The standard InChI is InChI=1S/C9H3BrF2OS/c10-6-2-7(11)8(12)5-1-4(3-13)14-9(5)6/h1-3H. The molecule has 1 aromatic carbocycles. The molecule has 5 heteroatoms. The summed E-state index contributed by atoms with van der Waals surface area (Å²) < 4.78 is 27.2. The van der Waals surface area contributed by atoms with Crippen molar-refractivity contribution in [3.63, 3.8) is 0 Å². The van der Waals surface area contributed by atoms with Crippen molar-refractivity contribution in [3.05, 3.63) is 33.1 Å². The number of benzene rings is 1. The maximum Gasteiger partial charge on any atom is 0.167 e. The topological polar surface area (TPSA) is 17.1 Å². The third-order valence-corrected chi connectivity index (χ3v) is 3.77. The Morgan fingerprint density at radius 2 is 2.07 bits per heavy atom. The van der Waals surface area contributed by atoms with Gasteiger partial charge in [0.1, 0.15) is 0 Å². The van der Waals surface area contributed by atoms with E-state index in [-0.39, 0.29) is 5.39 Å². The molecule has 0 amide bonds. The first kappa shape index (κ1) is 9.73. The maximum atomic E-state index is 13.2. The third-order valence-electron chi connectivity index (χ3n) is 1.78. The summed E-state index contributed by atoms with van der Waals surface area (Å²) in [6, 6.07) is 2.40. The number of halogens is 3. The van der Waals surface area contributed by atoms with Crippen molar-refractivity contribution in [1.29, 1.82) is 0 Å². The molecule has 72 valence electrons. The molecule has 0 atom stereocenters. The van der Waals surface area contributed by atoms with Crippen LogP contribution in [0.2, 0.25) is 0 Å². The van der Waals surface area contributed by atoms with Crippen molar-refractivity contribution >= 4 is 43.6 Å². The zero-order chi connectivity index (χ0) is 10.3. The molecule has 0 saturated carbocycles. The average Bonchev–Trinajstić information content (AvgIpc) is 2.58. The van der Waals surface area contributed by atoms with Gasteiger partial charge in [-0.15, -0.1) is 11.3 Å². The fourth-order valence-corrected chi connectivity index (χ4v) is 2.71. The largest absolute Gasteiger partial charge is 0.297 e. The Hall–Kier alpha value is -0.810. The van der Waals surface area contributed by atoms with Crippen LogP contribution in [0.3, 0.4) is 0 Å². The quantitative estimate of drug-likeness (QED) is 0.573. The van der Waals surface area contributed by atoms with Crippen molar-refractivity contribution in [2.24, 2.45) is 0 Å². The lowest BCUT2D eigenvalue weighted by Crippen LogP contribution is -1.83. The number of carbonyl (C=O) groups is 1. The molecule has 14 heavy (non-hydrogen) atoms. The third kappa shape index (κ3) is 1.36. The Kier molecular flexibility index (Phi) is 2.36. The number of carbonyl (C=O) groups excluding carboxylic acids is 1. The zero-order valence-corrected chi connectivity index (χ0v) is 9.08. The summed E-state index contributed by atoms with van der Waals surface area (Å²) in [5, 5.41) is 0.143. The normalized spacial score (nSPS) is 10.8. The van der Waals surface area contributed by atoms with Crippen molar-refractivity contribution in [3.8, 4) is 0 Å². The van der Waals surface area contributed by atoms with Gasteiger partial charge in [0, 0.05) is 9.86 Å². The Balaban J connectivity index is 2.90. The van der Waals surface area contributed by atoms with E-state index < -0.39 is 11.6 Å². The molecule has 0 spiro atoms. The predicted octanol–water partition coefficient (Wildman–Crippen LogP) is 3.75. The Labute approximate surface area is 90.5 Å². The van der Waals surface area contributed by atoms with Gasteiger partial charge in [-0.2, -0.15) is 0 Å². The molecule has 0 aliphatic heterocycles. The highest BCUT2D eigenvalue weighted by Gasteiger charge is 2.13. The smallest absolute Gasteiger partial charge is 0.167 e. The van der Waals surface area contributed by atoms with E-state index in [2.05, 4.69) is 15.9 Å². The van der Waals surface area contributed by atoms with E-state index in [1.807, 2.05) is 0 Å². The molecule has 0 bridgehead atoms. The van der Waals surface area contributed by atoms with E-state index in [1.165, 1.54) is 6.07 Å². The summed E-state index contributed by atoms with van der Waals surface area (Å²) >= 11 is 4.24. The van der Waals surface area contributed by atoms with Gasteiger partial charge in [0.25, 0.3) is 0 Å². The van der Waals surface area contributed by atoms with Gasteiger partial charge < -0.3 is 0 Å². The van der Waals surface area contributed by atoms with Crippen LogP contribution in [0.1, 0.15) is 9.67 Å². The SMILES string of the molecule is O=Cc1cc2c(F)c(F)cc(Br)c2s1. The van der Waals surface area contributed by atoms with Gasteiger partial charge in [-0.25, -0.2) is 8.78 Å². The Bertz CT molecular complexity index is 521. The van der Waals surface area contributed by atoms with E-state index in [4.69, 9.17) is 0 Å². The lowest BCUT2D eigenvalue weighted by atomic mass is 10.2. The number of hydrogen-bond acceptors (Lipinski definition) is 2. The molecular weight excluding hydrogens is 274 g/mol. The molecule has 0 fully saturated rings. The summed E-state index contributed by atoms with van der Waals surface area (Å²) in [6.07, 6.45) is 0.619. The summed E-state index contributed by atoms with van der Waals surface area (Å²) in [7, 11) is 0. The maximum absolute atomic E-state index is 13.2. The molecule has 0 unspecified atom stereocenters. The lowest BCUT2D eigenvalue weighted by Gasteiger charge is -1.96. The molecule has 0 radical (unpaired) electrons. The number of thiophene rings is 1. The zero-order valence-electron chi connectivity index (χ0n) is 6.68. The highest BCUT2D eigenvalue weighted by Crippen LogP contribution is 2.34. The highest BCUT2D eigenvalue weighted by molar-refractivity contribution is 9.10. The molecule has 0 saturated heterocycles. The van der Waals surface area contributed by atoms with E-state index in [0.29, 0.717) is 20.3 Å². The van der Waals surface area contributed by atoms with Gasteiger partial charge in [-0.05, 0) is 28.1 Å². The molecule has 1 heterocycles. The van der Waals surface area contributed by atoms with Crippen molar-refractivity contribution in [1.82, 2.24) is 0 Å². The van der Waals surface area contributed by atoms with E-state index in [9.17, 15) is 13.6 Å².